The van der Waals surface area contributed by atoms with Gasteiger partial charge in [-0.2, -0.15) is 5.10 Å². The lowest BCUT2D eigenvalue weighted by molar-refractivity contribution is -0.130. The number of aromatic nitrogens is 2. The average molecular weight is 356 g/mol. The summed E-state index contributed by atoms with van der Waals surface area (Å²) in [4.78, 5) is 26.8. The van der Waals surface area contributed by atoms with Crippen molar-refractivity contribution in [2.24, 2.45) is 13.0 Å². The van der Waals surface area contributed by atoms with E-state index in [1.54, 1.807) is 9.58 Å². The number of rotatable bonds is 3. The van der Waals surface area contributed by atoms with E-state index in [9.17, 15) is 9.59 Å². The molecule has 1 aromatic heterocycles. The highest BCUT2D eigenvalue weighted by Crippen LogP contribution is 2.23. The maximum atomic E-state index is 12.6. The Hall–Kier alpha value is -1.60. The smallest absolute Gasteiger partial charge is 0.250 e. The molecule has 2 aliphatic rings. The fourth-order valence-corrected chi connectivity index (χ4v) is 3.55. The van der Waals surface area contributed by atoms with E-state index in [-0.39, 0.29) is 30.1 Å². The Labute approximate surface area is 148 Å². The minimum absolute atomic E-state index is 0. The molecule has 2 N–H and O–H groups in total. The molecule has 1 aromatic rings. The van der Waals surface area contributed by atoms with Gasteiger partial charge in [-0.25, -0.2) is 0 Å². The van der Waals surface area contributed by atoms with Gasteiger partial charge in [0.2, 0.25) is 5.91 Å². The van der Waals surface area contributed by atoms with Crippen molar-refractivity contribution < 1.29 is 9.59 Å². The molecule has 2 amide bonds. The average Bonchev–Trinajstić information content (AvgIpc) is 3.02. The van der Waals surface area contributed by atoms with E-state index in [4.69, 9.17) is 0 Å². The summed E-state index contributed by atoms with van der Waals surface area (Å²) >= 11 is 0. The van der Waals surface area contributed by atoms with Gasteiger partial charge in [0.1, 0.15) is 11.9 Å². The second kappa shape index (κ2) is 7.53. The first-order valence-corrected chi connectivity index (χ1v) is 8.31. The van der Waals surface area contributed by atoms with Crippen LogP contribution in [0.1, 0.15) is 31.9 Å². The Morgan fingerprint density at radius 3 is 2.79 bits per heavy atom. The quantitative estimate of drug-likeness (QED) is 0.839. The van der Waals surface area contributed by atoms with Gasteiger partial charge in [-0.15, -0.1) is 12.4 Å². The van der Waals surface area contributed by atoms with Gasteiger partial charge in [0.25, 0.3) is 5.91 Å². The zero-order valence-corrected chi connectivity index (χ0v) is 15.2. The third-order valence-electron chi connectivity index (χ3n) is 4.77. The highest BCUT2D eigenvalue weighted by Gasteiger charge is 2.36. The Kier molecular flexibility index (Phi) is 5.87. The molecule has 3 heterocycles. The lowest BCUT2D eigenvalue weighted by atomic mass is 9.92. The first-order chi connectivity index (χ1) is 11.0. The molecule has 0 radical (unpaired) electrons. The number of amides is 2. The summed E-state index contributed by atoms with van der Waals surface area (Å²) in [6, 6.07) is 1.84. The number of anilines is 1. The minimum atomic E-state index is -0.414. The highest BCUT2D eigenvalue weighted by atomic mass is 35.5. The number of carbonyl (C=O) groups excluding carboxylic acids is 2. The van der Waals surface area contributed by atoms with Gasteiger partial charge in [-0.05, 0) is 39.7 Å². The Morgan fingerprint density at radius 2 is 2.17 bits per heavy atom. The van der Waals surface area contributed by atoms with Crippen molar-refractivity contribution in [3.63, 3.8) is 0 Å². The molecule has 8 heteroatoms. The third-order valence-corrected chi connectivity index (χ3v) is 4.77. The molecule has 2 aliphatic heterocycles. The van der Waals surface area contributed by atoms with Crippen molar-refractivity contribution in [3.05, 3.63) is 11.8 Å². The van der Waals surface area contributed by atoms with Crippen LogP contribution in [-0.4, -0.2) is 46.8 Å². The van der Waals surface area contributed by atoms with Gasteiger partial charge >= 0.3 is 0 Å². The molecule has 3 atom stereocenters. The zero-order chi connectivity index (χ0) is 16.6. The van der Waals surface area contributed by atoms with Crippen LogP contribution in [0.15, 0.2) is 6.07 Å². The van der Waals surface area contributed by atoms with E-state index < -0.39 is 6.04 Å². The SMILES string of the molecule is Cc1cc(N2CCC(NC(=O)[C@H]3CCN[C@@H](C)C3)C2=O)n(C)n1.Cl. The van der Waals surface area contributed by atoms with E-state index >= 15 is 0 Å². The predicted octanol–water partition coefficient (Wildman–Crippen LogP) is 0.760. The topological polar surface area (TPSA) is 79.3 Å². The molecule has 0 aromatic carbocycles. The van der Waals surface area contributed by atoms with Crippen molar-refractivity contribution >= 4 is 30.0 Å². The van der Waals surface area contributed by atoms with Gasteiger partial charge in [-0.1, -0.05) is 0 Å². The molecule has 24 heavy (non-hydrogen) atoms. The number of hydrogen-bond donors (Lipinski definition) is 2. The van der Waals surface area contributed by atoms with E-state index in [0.29, 0.717) is 19.0 Å². The lowest BCUT2D eigenvalue weighted by Gasteiger charge is -2.28. The predicted molar refractivity (Wildman–Crippen MR) is 94.3 cm³/mol. The maximum Gasteiger partial charge on any atom is 0.250 e. The van der Waals surface area contributed by atoms with Crippen molar-refractivity contribution in [1.82, 2.24) is 20.4 Å². The fourth-order valence-electron chi connectivity index (χ4n) is 3.55. The first kappa shape index (κ1) is 18.7. The third kappa shape index (κ3) is 3.72. The molecule has 1 unspecified atom stereocenters. The highest BCUT2D eigenvalue weighted by molar-refractivity contribution is 6.01. The van der Waals surface area contributed by atoms with Crippen molar-refractivity contribution in [2.75, 3.05) is 18.0 Å². The molecule has 2 saturated heterocycles. The standard InChI is InChI=1S/C16H25N5O2.ClH/c1-10-8-12(4-6-17-10)15(22)18-13-5-7-21(16(13)23)14-9-11(2)19-20(14)3;/h9-10,12-13,17H,4-8H2,1-3H3,(H,18,22);1H/t10-,12-,13?;/m0./s1. The number of carbonyl (C=O) groups is 2. The van der Waals surface area contributed by atoms with Crippen LogP contribution in [0.2, 0.25) is 0 Å². The van der Waals surface area contributed by atoms with E-state index in [0.717, 1.165) is 30.9 Å². The van der Waals surface area contributed by atoms with Crippen LogP contribution in [-0.2, 0) is 16.6 Å². The Bertz CT molecular complexity index is 618. The zero-order valence-electron chi connectivity index (χ0n) is 14.4. The molecular formula is C16H26ClN5O2. The van der Waals surface area contributed by atoms with Gasteiger partial charge in [0.15, 0.2) is 0 Å². The number of hydrogen-bond acceptors (Lipinski definition) is 4. The fraction of sp³-hybridized carbons (Fsp3) is 0.688. The van der Waals surface area contributed by atoms with Crippen LogP contribution in [0.4, 0.5) is 5.82 Å². The molecule has 0 spiro atoms. The van der Waals surface area contributed by atoms with E-state index in [1.165, 1.54) is 0 Å². The Morgan fingerprint density at radius 1 is 1.42 bits per heavy atom. The van der Waals surface area contributed by atoms with E-state index in [1.807, 2.05) is 20.0 Å². The molecule has 0 aliphatic carbocycles. The summed E-state index contributed by atoms with van der Waals surface area (Å²) in [5, 5.41) is 10.6. The molecular weight excluding hydrogens is 330 g/mol. The van der Waals surface area contributed by atoms with Gasteiger partial charge in [-0.3, -0.25) is 19.2 Å². The molecule has 2 fully saturated rings. The molecule has 3 rings (SSSR count). The van der Waals surface area contributed by atoms with Crippen LogP contribution in [0.3, 0.4) is 0 Å². The van der Waals surface area contributed by atoms with Gasteiger partial charge in [0.05, 0.1) is 5.69 Å². The normalized spacial score (nSPS) is 27.0. The van der Waals surface area contributed by atoms with Crippen LogP contribution < -0.4 is 15.5 Å². The summed E-state index contributed by atoms with van der Waals surface area (Å²) in [6.45, 7) is 5.47. The summed E-state index contributed by atoms with van der Waals surface area (Å²) in [5.41, 5.74) is 0.881. The van der Waals surface area contributed by atoms with Crippen molar-refractivity contribution in [1.29, 1.82) is 0 Å². The second-order valence-electron chi connectivity index (χ2n) is 6.68. The summed E-state index contributed by atoms with van der Waals surface area (Å²) in [6.07, 6.45) is 2.31. The summed E-state index contributed by atoms with van der Waals surface area (Å²) in [5.74, 6) is 0.773. The number of piperidine rings is 1. The monoisotopic (exact) mass is 355 g/mol. The summed E-state index contributed by atoms with van der Waals surface area (Å²) < 4.78 is 1.71. The van der Waals surface area contributed by atoms with Crippen LogP contribution in [0.5, 0.6) is 0 Å². The van der Waals surface area contributed by atoms with E-state index in [2.05, 4.69) is 22.7 Å². The van der Waals surface area contributed by atoms with Gasteiger partial charge < -0.3 is 10.6 Å². The van der Waals surface area contributed by atoms with Crippen LogP contribution >= 0.6 is 12.4 Å². The van der Waals surface area contributed by atoms with Crippen molar-refractivity contribution in [3.8, 4) is 0 Å². The largest absolute Gasteiger partial charge is 0.344 e. The molecule has 0 bridgehead atoms. The van der Waals surface area contributed by atoms with Crippen molar-refractivity contribution in [2.45, 2.75) is 45.2 Å². The number of halogens is 1. The number of aryl methyl sites for hydroxylation is 2. The molecule has 7 nitrogen and oxygen atoms in total. The lowest BCUT2D eigenvalue weighted by Crippen LogP contribution is -2.47. The Balaban J connectivity index is 0.00000208. The van der Waals surface area contributed by atoms with Crippen LogP contribution in [0.25, 0.3) is 0 Å². The maximum absolute atomic E-state index is 12.6. The molecule has 134 valence electrons. The van der Waals surface area contributed by atoms with Gasteiger partial charge in [0, 0.05) is 31.6 Å². The summed E-state index contributed by atoms with van der Waals surface area (Å²) in [7, 11) is 1.83. The minimum Gasteiger partial charge on any atom is -0.344 e. The number of nitrogens with one attached hydrogen (secondary N) is 2. The number of nitrogens with zero attached hydrogens (tertiary/aromatic N) is 3. The second-order valence-corrected chi connectivity index (χ2v) is 6.68. The van der Waals surface area contributed by atoms with Crippen LogP contribution in [0, 0.1) is 12.8 Å². The molecule has 0 saturated carbocycles. The first-order valence-electron chi connectivity index (χ1n) is 8.31.